The molecule has 0 radical (unpaired) electrons. The molecule has 1 aliphatic heterocycles. The van der Waals surface area contributed by atoms with E-state index in [2.05, 4.69) is 66.8 Å². The second-order valence-electron chi connectivity index (χ2n) is 8.90. The predicted molar refractivity (Wildman–Crippen MR) is 135 cm³/mol. The molecule has 33 heavy (non-hydrogen) atoms. The van der Waals surface area contributed by atoms with E-state index >= 15 is 0 Å². The summed E-state index contributed by atoms with van der Waals surface area (Å²) in [5, 5.41) is 12.5. The molecule has 5 heteroatoms. The first-order chi connectivity index (χ1) is 15.9. The lowest BCUT2D eigenvalue weighted by Crippen LogP contribution is -2.47. The van der Waals surface area contributed by atoms with Crippen molar-refractivity contribution in [2.75, 3.05) is 6.54 Å². The van der Waals surface area contributed by atoms with Gasteiger partial charge in [0.05, 0.1) is 6.61 Å². The number of fused-ring (bicyclic) bond motifs is 1. The summed E-state index contributed by atoms with van der Waals surface area (Å²) in [4.78, 5) is 14.6. The van der Waals surface area contributed by atoms with Gasteiger partial charge in [-0.05, 0) is 78.9 Å². The van der Waals surface area contributed by atoms with E-state index in [-0.39, 0.29) is 18.6 Å². The fraction of sp³-hybridized carbons (Fsp3) is 0.321. The van der Waals surface area contributed by atoms with Crippen LogP contribution >= 0.6 is 11.9 Å². The van der Waals surface area contributed by atoms with Crippen LogP contribution in [0.3, 0.4) is 0 Å². The Labute approximate surface area is 201 Å². The molecular weight excluding hydrogens is 428 g/mol. The summed E-state index contributed by atoms with van der Waals surface area (Å²) in [6, 6.07) is 20.5. The van der Waals surface area contributed by atoms with Crippen molar-refractivity contribution in [3.8, 4) is 0 Å². The summed E-state index contributed by atoms with van der Waals surface area (Å²) in [5.41, 5.74) is 8.32. The minimum Gasteiger partial charge on any atom is -0.392 e. The van der Waals surface area contributed by atoms with Crippen LogP contribution in [0.25, 0.3) is 0 Å². The molecule has 1 aliphatic rings. The van der Waals surface area contributed by atoms with Crippen molar-refractivity contribution in [1.82, 2.24) is 9.62 Å². The van der Waals surface area contributed by atoms with Crippen molar-refractivity contribution in [2.24, 2.45) is 0 Å². The molecule has 4 rings (SSSR count). The van der Waals surface area contributed by atoms with Gasteiger partial charge >= 0.3 is 0 Å². The first-order valence-corrected chi connectivity index (χ1v) is 12.3. The number of hydrogen-bond donors (Lipinski definition) is 2. The number of nitrogens with zero attached hydrogens (tertiary/aromatic N) is 1. The smallest absolute Gasteiger partial charge is 0.238 e. The Hall–Kier alpha value is -2.60. The Morgan fingerprint density at radius 2 is 1.70 bits per heavy atom. The highest BCUT2D eigenvalue weighted by Crippen LogP contribution is 2.36. The van der Waals surface area contributed by atoms with Crippen molar-refractivity contribution in [2.45, 2.75) is 57.7 Å². The van der Waals surface area contributed by atoms with E-state index in [4.69, 9.17) is 0 Å². The maximum atomic E-state index is 13.3. The largest absolute Gasteiger partial charge is 0.392 e. The number of aryl methyl sites for hydroxylation is 3. The van der Waals surface area contributed by atoms with Gasteiger partial charge in [-0.15, -0.1) is 0 Å². The number of carbonyl (C=O) groups excluding carboxylic acids is 1. The maximum absolute atomic E-state index is 13.3. The second kappa shape index (κ2) is 10.6. The molecule has 4 nitrogen and oxygen atoms in total. The van der Waals surface area contributed by atoms with E-state index in [1.54, 1.807) is 11.9 Å². The van der Waals surface area contributed by atoms with Crippen LogP contribution in [-0.4, -0.2) is 27.9 Å². The van der Waals surface area contributed by atoms with E-state index in [9.17, 15) is 9.90 Å². The van der Waals surface area contributed by atoms with Gasteiger partial charge in [-0.2, -0.15) is 0 Å². The SMILES string of the molecule is Cc1cc(C)c(SN2Cc3ccccc3CC2C(=O)NCCc2cccc(CO)c2)c(C)c1. The van der Waals surface area contributed by atoms with Crippen LogP contribution in [-0.2, 0) is 30.8 Å². The molecule has 0 aromatic heterocycles. The van der Waals surface area contributed by atoms with Crippen LogP contribution < -0.4 is 5.32 Å². The molecule has 1 atom stereocenters. The number of aliphatic hydroxyl groups excluding tert-OH is 1. The quantitative estimate of drug-likeness (QED) is 0.493. The normalized spacial score (nSPS) is 15.8. The number of benzene rings is 3. The average molecular weight is 461 g/mol. The van der Waals surface area contributed by atoms with Crippen molar-refractivity contribution in [1.29, 1.82) is 0 Å². The van der Waals surface area contributed by atoms with Gasteiger partial charge < -0.3 is 10.4 Å². The molecule has 1 heterocycles. The van der Waals surface area contributed by atoms with Gasteiger partial charge in [-0.1, -0.05) is 66.2 Å². The van der Waals surface area contributed by atoms with Gasteiger partial charge in [0.1, 0.15) is 6.04 Å². The first kappa shape index (κ1) is 23.6. The molecule has 3 aromatic rings. The molecule has 0 aliphatic carbocycles. The van der Waals surface area contributed by atoms with E-state index in [0.29, 0.717) is 13.0 Å². The van der Waals surface area contributed by atoms with E-state index < -0.39 is 0 Å². The van der Waals surface area contributed by atoms with Gasteiger partial charge in [-0.3, -0.25) is 4.79 Å². The molecule has 0 bridgehead atoms. The Morgan fingerprint density at radius 1 is 1.00 bits per heavy atom. The third-order valence-corrected chi connectivity index (χ3v) is 7.65. The van der Waals surface area contributed by atoms with Crippen molar-refractivity contribution < 1.29 is 9.90 Å². The predicted octanol–water partition coefficient (Wildman–Crippen LogP) is 4.90. The van der Waals surface area contributed by atoms with Crippen LogP contribution in [0.1, 0.15) is 38.9 Å². The van der Waals surface area contributed by atoms with Gasteiger partial charge in [0.2, 0.25) is 5.91 Å². The number of amides is 1. The highest BCUT2D eigenvalue weighted by atomic mass is 32.2. The van der Waals surface area contributed by atoms with Crippen LogP contribution in [0.2, 0.25) is 0 Å². The maximum Gasteiger partial charge on any atom is 0.238 e. The number of carbonyl (C=O) groups is 1. The number of nitrogens with one attached hydrogen (secondary N) is 1. The van der Waals surface area contributed by atoms with Crippen LogP contribution in [0.5, 0.6) is 0 Å². The molecular formula is C28H32N2O2S. The third kappa shape index (κ3) is 5.67. The van der Waals surface area contributed by atoms with Crippen LogP contribution in [0.4, 0.5) is 0 Å². The minimum absolute atomic E-state index is 0.0334. The monoisotopic (exact) mass is 460 g/mol. The number of aliphatic hydroxyl groups is 1. The molecule has 172 valence electrons. The molecule has 1 unspecified atom stereocenters. The lowest BCUT2D eigenvalue weighted by atomic mass is 9.95. The summed E-state index contributed by atoms with van der Waals surface area (Å²) in [7, 11) is 0. The first-order valence-electron chi connectivity index (χ1n) is 11.5. The highest BCUT2D eigenvalue weighted by Gasteiger charge is 2.32. The molecule has 1 amide bonds. The fourth-order valence-electron chi connectivity index (χ4n) is 4.58. The molecule has 0 fully saturated rings. The molecule has 0 saturated carbocycles. The summed E-state index contributed by atoms with van der Waals surface area (Å²) in [6.07, 6.45) is 1.45. The van der Waals surface area contributed by atoms with Gasteiger partial charge in [0.25, 0.3) is 0 Å². The molecule has 2 N–H and O–H groups in total. The summed E-state index contributed by atoms with van der Waals surface area (Å²) in [5.74, 6) is 0.0673. The van der Waals surface area contributed by atoms with E-state index in [1.165, 1.54) is 32.7 Å². The summed E-state index contributed by atoms with van der Waals surface area (Å²) >= 11 is 1.71. The Kier molecular flexibility index (Phi) is 7.53. The zero-order valence-electron chi connectivity index (χ0n) is 19.6. The molecule has 0 spiro atoms. The lowest BCUT2D eigenvalue weighted by molar-refractivity contribution is -0.125. The summed E-state index contributed by atoms with van der Waals surface area (Å²) in [6.45, 7) is 7.77. The molecule has 0 saturated heterocycles. The Bertz CT molecular complexity index is 1120. The topological polar surface area (TPSA) is 52.6 Å². The van der Waals surface area contributed by atoms with Crippen molar-refractivity contribution >= 4 is 17.9 Å². The Morgan fingerprint density at radius 3 is 2.42 bits per heavy atom. The van der Waals surface area contributed by atoms with E-state index in [1.807, 2.05) is 24.3 Å². The number of rotatable bonds is 7. The second-order valence-corrected chi connectivity index (χ2v) is 9.96. The van der Waals surface area contributed by atoms with Gasteiger partial charge in [0, 0.05) is 18.0 Å². The number of hydrogen-bond acceptors (Lipinski definition) is 4. The highest BCUT2D eigenvalue weighted by molar-refractivity contribution is 7.97. The standard InChI is InChI=1S/C28H32N2O2S/c1-19-13-20(2)27(21(3)14-19)33-30-17-25-10-5-4-9-24(25)16-26(30)28(32)29-12-11-22-7-6-8-23(15-22)18-31/h4-10,13-15,26,31H,11-12,16-18H2,1-3H3,(H,29,32). The van der Waals surface area contributed by atoms with Gasteiger partial charge in [-0.25, -0.2) is 4.31 Å². The Balaban J connectivity index is 1.50. The van der Waals surface area contributed by atoms with Crippen molar-refractivity contribution in [3.63, 3.8) is 0 Å². The minimum atomic E-state index is -0.228. The van der Waals surface area contributed by atoms with Gasteiger partial charge in [0.15, 0.2) is 0 Å². The van der Waals surface area contributed by atoms with Crippen LogP contribution in [0.15, 0.2) is 65.6 Å². The van der Waals surface area contributed by atoms with E-state index in [0.717, 1.165) is 24.1 Å². The lowest BCUT2D eigenvalue weighted by Gasteiger charge is -2.35. The summed E-state index contributed by atoms with van der Waals surface area (Å²) < 4.78 is 2.24. The third-order valence-electron chi connectivity index (χ3n) is 6.21. The molecule has 3 aromatic carbocycles. The van der Waals surface area contributed by atoms with Crippen molar-refractivity contribution in [3.05, 3.63) is 99.6 Å². The van der Waals surface area contributed by atoms with Crippen LogP contribution in [0, 0.1) is 20.8 Å². The average Bonchev–Trinajstić information content (AvgIpc) is 2.81. The zero-order valence-corrected chi connectivity index (χ0v) is 20.4. The zero-order chi connectivity index (χ0) is 23.4. The fourth-order valence-corrected chi connectivity index (χ4v) is 5.72.